The minimum atomic E-state index is -0.165. The molecule has 2 heterocycles. The third-order valence-electron chi connectivity index (χ3n) is 5.57. The zero-order valence-electron chi connectivity index (χ0n) is 12.9. The Morgan fingerprint density at radius 2 is 1.91 bits per heavy atom. The van der Waals surface area contributed by atoms with Crippen LogP contribution in [0.15, 0.2) is 12.2 Å². The number of likely N-dealkylation sites (tertiary alicyclic amines) is 1. The van der Waals surface area contributed by atoms with Crippen LogP contribution in [-0.4, -0.2) is 60.5 Å². The summed E-state index contributed by atoms with van der Waals surface area (Å²) in [5.74, 6) is 0.353. The lowest BCUT2D eigenvalue weighted by Gasteiger charge is -2.43. The van der Waals surface area contributed by atoms with Gasteiger partial charge in [-0.3, -0.25) is 9.59 Å². The highest BCUT2D eigenvalue weighted by atomic mass is 16.5. The zero-order valence-corrected chi connectivity index (χ0v) is 12.9. The van der Waals surface area contributed by atoms with E-state index in [1.54, 1.807) is 0 Å². The number of ether oxygens (including phenoxy) is 1. The van der Waals surface area contributed by atoms with Crippen molar-refractivity contribution in [1.82, 2.24) is 9.80 Å². The van der Waals surface area contributed by atoms with Crippen LogP contribution in [0.1, 0.15) is 25.7 Å². The summed E-state index contributed by atoms with van der Waals surface area (Å²) in [4.78, 5) is 29.8. The van der Waals surface area contributed by atoms with E-state index in [2.05, 4.69) is 17.1 Å². The first kappa shape index (κ1) is 14.2. The Labute approximate surface area is 131 Å². The van der Waals surface area contributed by atoms with Crippen molar-refractivity contribution in [1.29, 1.82) is 0 Å². The van der Waals surface area contributed by atoms with Gasteiger partial charge < -0.3 is 14.5 Å². The van der Waals surface area contributed by atoms with Crippen molar-refractivity contribution < 1.29 is 14.3 Å². The molecule has 5 heteroatoms. The molecule has 2 saturated heterocycles. The van der Waals surface area contributed by atoms with Gasteiger partial charge >= 0.3 is 0 Å². The average Bonchev–Trinajstić information content (AvgIpc) is 3.40. The van der Waals surface area contributed by atoms with E-state index in [-0.39, 0.29) is 29.6 Å². The summed E-state index contributed by atoms with van der Waals surface area (Å²) >= 11 is 0. The van der Waals surface area contributed by atoms with Crippen molar-refractivity contribution in [2.75, 3.05) is 32.8 Å². The number of hydrogen-bond acceptors (Lipinski definition) is 3. The highest BCUT2D eigenvalue weighted by molar-refractivity contribution is 5.89. The van der Waals surface area contributed by atoms with Gasteiger partial charge in [-0.15, -0.1) is 0 Å². The Hall–Kier alpha value is -1.36. The third kappa shape index (κ3) is 2.45. The monoisotopic (exact) mass is 304 g/mol. The van der Waals surface area contributed by atoms with E-state index < -0.39 is 0 Å². The lowest BCUT2D eigenvalue weighted by molar-refractivity contribution is -0.153. The van der Waals surface area contributed by atoms with Crippen LogP contribution >= 0.6 is 0 Å². The Morgan fingerprint density at radius 1 is 1.14 bits per heavy atom. The smallest absolute Gasteiger partial charge is 0.227 e. The molecule has 0 spiro atoms. The summed E-state index contributed by atoms with van der Waals surface area (Å²) in [7, 11) is 0. The molecule has 22 heavy (non-hydrogen) atoms. The third-order valence-corrected chi connectivity index (χ3v) is 5.57. The summed E-state index contributed by atoms with van der Waals surface area (Å²) in [6.07, 6.45) is 8.29. The van der Waals surface area contributed by atoms with Crippen molar-refractivity contribution >= 4 is 11.8 Å². The van der Waals surface area contributed by atoms with Gasteiger partial charge in [0.05, 0.1) is 25.0 Å². The Morgan fingerprint density at radius 3 is 2.64 bits per heavy atom. The number of morpholine rings is 1. The first-order valence-corrected chi connectivity index (χ1v) is 8.59. The lowest BCUT2D eigenvalue weighted by Crippen LogP contribution is -2.54. The maximum Gasteiger partial charge on any atom is 0.227 e. The van der Waals surface area contributed by atoms with E-state index in [1.165, 1.54) is 0 Å². The van der Waals surface area contributed by atoms with Gasteiger partial charge in [0.1, 0.15) is 0 Å². The van der Waals surface area contributed by atoms with Gasteiger partial charge in [-0.05, 0) is 31.6 Å². The number of fused-ring (bicyclic) bond motifs is 1. The van der Waals surface area contributed by atoms with E-state index in [0.29, 0.717) is 38.8 Å². The lowest BCUT2D eigenvalue weighted by atomic mass is 9.71. The largest absolute Gasteiger partial charge is 0.378 e. The Balaban J connectivity index is 1.54. The van der Waals surface area contributed by atoms with Crippen LogP contribution in [0.3, 0.4) is 0 Å². The quantitative estimate of drug-likeness (QED) is 0.717. The first-order valence-electron chi connectivity index (χ1n) is 8.59. The van der Waals surface area contributed by atoms with Crippen LogP contribution in [0.5, 0.6) is 0 Å². The van der Waals surface area contributed by atoms with Gasteiger partial charge in [0.2, 0.25) is 11.8 Å². The van der Waals surface area contributed by atoms with E-state index in [4.69, 9.17) is 4.74 Å². The number of carbonyl (C=O) groups excluding carboxylic acids is 2. The number of allylic oxidation sites excluding steroid dienone is 2. The van der Waals surface area contributed by atoms with Crippen LogP contribution in [0.4, 0.5) is 0 Å². The van der Waals surface area contributed by atoms with Gasteiger partial charge in [-0.1, -0.05) is 12.2 Å². The molecule has 0 aromatic heterocycles. The molecule has 0 bridgehead atoms. The molecular formula is C17H24N2O3. The number of carbonyl (C=O) groups is 2. The molecule has 4 rings (SSSR count). The van der Waals surface area contributed by atoms with Crippen molar-refractivity contribution in [3.8, 4) is 0 Å². The summed E-state index contributed by atoms with van der Waals surface area (Å²) < 4.78 is 5.34. The molecule has 0 aromatic rings. The highest BCUT2D eigenvalue weighted by Crippen LogP contribution is 2.41. The molecule has 0 radical (unpaired) electrons. The fourth-order valence-electron chi connectivity index (χ4n) is 4.21. The Bertz CT molecular complexity index is 494. The molecule has 5 nitrogen and oxygen atoms in total. The number of nitrogens with zero attached hydrogens (tertiary/aromatic N) is 2. The minimum absolute atomic E-state index is 0.130. The number of hydrogen-bond donors (Lipinski definition) is 0. The molecule has 120 valence electrons. The van der Waals surface area contributed by atoms with Crippen LogP contribution in [0.25, 0.3) is 0 Å². The molecular weight excluding hydrogens is 280 g/mol. The second-order valence-corrected chi connectivity index (χ2v) is 6.95. The number of amides is 2. The van der Waals surface area contributed by atoms with Gasteiger partial charge in [0.25, 0.3) is 0 Å². The van der Waals surface area contributed by atoms with Gasteiger partial charge in [0.15, 0.2) is 0 Å². The van der Waals surface area contributed by atoms with Crippen LogP contribution < -0.4 is 0 Å². The number of rotatable bonds is 2. The van der Waals surface area contributed by atoms with Crippen molar-refractivity contribution in [3.63, 3.8) is 0 Å². The van der Waals surface area contributed by atoms with E-state index in [0.717, 1.165) is 25.8 Å². The summed E-state index contributed by atoms with van der Waals surface area (Å²) in [5.41, 5.74) is 0. The molecule has 1 unspecified atom stereocenters. The maximum atomic E-state index is 12.9. The fraction of sp³-hybridized carbons (Fsp3) is 0.765. The van der Waals surface area contributed by atoms with E-state index in [9.17, 15) is 9.59 Å². The predicted octanol–water partition coefficient (Wildman–Crippen LogP) is 1.05. The molecule has 0 aromatic carbocycles. The van der Waals surface area contributed by atoms with E-state index in [1.807, 2.05) is 4.90 Å². The standard InChI is InChI=1S/C17H24N2O3/c20-16(18-8-10-22-11-9-18)14-3-1-2-12-6-7-19(13-4-5-13)17(21)15(12)14/h1-2,12-15H,3-11H2/t12-,14?,15+/m1/s1. The topological polar surface area (TPSA) is 49.9 Å². The minimum Gasteiger partial charge on any atom is -0.378 e. The molecule has 3 atom stereocenters. The number of piperidine rings is 1. The SMILES string of the molecule is O=C(C1CC=C[C@@H]2CCN(C3CC3)C(=O)[C@H]12)N1CCOCC1. The van der Waals surface area contributed by atoms with Gasteiger partial charge in [-0.2, -0.15) is 0 Å². The zero-order chi connectivity index (χ0) is 15.1. The van der Waals surface area contributed by atoms with E-state index >= 15 is 0 Å². The molecule has 2 amide bonds. The van der Waals surface area contributed by atoms with Crippen molar-refractivity contribution in [2.24, 2.45) is 17.8 Å². The maximum absolute atomic E-state index is 12.9. The van der Waals surface area contributed by atoms with Crippen LogP contribution in [0, 0.1) is 17.8 Å². The molecule has 2 aliphatic carbocycles. The predicted molar refractivity (Wildman–Crippen MR) is 81.0 cm³/mol. The van der Waals surface area contributed by atoms with Crippen molar-refractivity contribution in [2.45, 2.75) is 31.7 Å². The highest BCUT2D eigenvalue weighted by Gasteiger charge is 2.48. The van der Waals surface area contributed by atoms with Crippen LogP contribution in [-0.2, 0) is 14.3 Å². The van der Waals surface area contributed by atoms with Gasteiger partial charge in [-0.25, -0.2) is 0 Å². The molecule has 0 N–H and O–H groups in total. The molecule has 4 aliphatic rings. The van der Waals surface area contributed by atoms with Gasteiger partial charge in [0, 0.05) is 25.7 Å². The molecule has 2 aliphatic heterocycles. The summed E-state index contributed by atoms with van der Waals surface area (Å²) in [6.45, 7) is 3.43. The average molecular weight is 304 g/mol. The fourth-order valence-corrected chi connectivity index (χ4v) is 4.21. The second-order valence-electron chi connectivity index (χ2n) is 6.95. The molecule has 1 saturated carbocycles. The normalized spacial score (nSPS) is 35.5. The van der Waals surface area contributed by atoms with Crippen LogP contribution in [0.2, 0.25) is 0 Å². The van der Waals surface area contributed by atoms with Crippen molar-refractivity contribution in [3.05, 3.63) is 12.2 Å². The summed E-state index contributed by atoms with van der Waals surface area (Å²) in [6, 6.07) is 0.457. The first-order chi connectivity index (χ1) is 10.8. The molecule has 3 fully saturated rings. The second kappa shape index (κ2) is 5.69. The Kier molecular flexibility index (Phi) is 3.68. The summed E-state index contributed by atoms with van der Waals surface area (Å²) in [5, 5.41) is 0.